The molecule has 2 unspecified atom stereocenters. The normalized spacial score (nSPS) is 23.9. The number of hydrogen-bond donors (Lipinski definition) is 0. The first-order valence-electron chi connectivity index (χ1n) is 7.35. The Labute approximate surface area is 129 Å². The van der Waals surface area contributed by atoms with Crippen molar-refractivity contribution in [2.24, 2.45) is 0 Å². The third kappa shape index (κ3) is 3.39. The highest BCUT2D eigenvalue weighted by Gasteiger charge is 2.49. The van der Waals surface area contributed by atoms with Gasteiger partial charge < -0.3 is 18.5 Å². The summed E-state index contributed by atoms with van der Waals surface area (Å²) in [4.78, 5) is 0. The van der Waals surface area contributed by atoms with Crippen LogP contribution >= 0.6 is 7.82 Å². The average molecular weight is 326 g/mol. The smallest absolute Gasteiger partial charge is 0.455 e. The molecule has 2 aliphatic rings. The lowest BCUT2D eigenvalue weighted by Gasteiger charge is -2.21. The number of hydrogen-bond acceptors (Lipinski definition) is 6. The van der Waals surface area contributed by atoms with Crippen LogP contribution in [-0.2, 0) is 22.9 Å². The molecule has 2 bridgehead atoms. The van der Waals surface area contributed by atoms with Crippen LogP contribution in [0.3, 0.4) is 0 Å². The maximum Gasteiger partial charge on any atom is 0.590 e. The number of unbranched alkanes of at least 4 members (excludes halogenated alkanes) is 1. The summed E-state index contributed by atoms with van der Waals surface area (Å²) in [6.07, 6.45) is 2.12. The third-order valence-electron chi connectivity index (χ3n) is 3.32. The predicted octanol–water partition coefficient (Wildman–Crippen LogP) is 4.26. The van der Waals surface area contributed by atoms with Crippen LogP contribution < -0.4 is 4.74 Å². The maximum atomic E-state index is 11.8. The van der Waals surface area contributed by atoms with Crippen molar-refractivity contribution in [3.63, 3.8) is 0 Å². The van der Waals surface area contributed by atoms with E-state index >= 15 is 0 Å². The SMILES string of the molecule is CCCCC(OC1=C2COP(=O)(O2)O1)Oc1ccc(C)cc1. The maximum absolute atomic E-state index is 11.8. The molecule has 6 nitrogen and oxygen atoms in total. The van der Waals surface area contributed by atoms with Gasteiger partial charge in [-0.2, -0.15) is 0 Å². The van der Waals surface area contributed by atoms with E-state index in [1.165, 1.54) is 0 Å². The second-order valence-corrected chi connectivity index (χ2v) is 6.75. The van der Waals surface area contributed by atoms with Gasteiger partial charge in [-0.25, -0.2) is 4.57 Å². The minimum atomic E-state index is -3.46. The van der Waals surface area contributed by atoms with E-state index in [0.29, 0.717) is 17.9 Å². The van der Waals surface area contributed by atoms with Crippen LogP contribution in [0.5, 0.6) is 5.75 Å². The molecule has 7 heteroatoms. The van der Waals surface area contributed by atoms with E-state index in [0.717, 1.165) is 18.4 Å². The molecule has 1 fully saturated rings. The van der Waals surface area contributed by atoms with E-state index in [4.69, 9.17) is 23.0 Å². The van der Waals surface area contributed by atoms with Crippen molar-refractivity contribution in [3.05, 3.63) is 41.5 Å². The zero-order valence-electron chi connectivity index (χ0n) is 12.6. The van der Waals surface area contributed by atoms with Crippen LogP contribution in [0, 0.1) is 6.92 Å². The minimum absolute atomic E-state index is 0.109. The van der Waals surface area contributed by atoms with Crippen molar-refractivity contribution in [3.8, 4) is 5.75 Å². The first-order chi connectivity index (χ1) is 10.6. The lowest BCUT2D eigenvalue weighted by molar-refractivity contribution is -0.0859. The molecular formula is C15H19O6P. The largest absolute Gasteiger partial charge is 0.590 e. The van der Waals surface area contributed by atoms with Gasteiger partial charge in [0.05, 0.1) is 0 Å². The molecule has 1 saturated heterocycles. The van der Waals surface area contributed by atoms with Crippen molar-refractivity contribution >= 4 is 7.82 Å². The second-order valence-electron chi connectivity index (χ2n) is 5.23. The molecule has 3 rings (SSSR count). The fraction of sp³-hybridized carbons (Fsp3) is 0.467. The molecule has 1 aromatic carbocycles. The van der Waals surface area contributed by atoms with E-state index in [1.807, 2.05) is 31.2 Å². The lowest BCUT2D eigenvalue weighted by Crippen LogP contribution is -2.21. The summed E-state index contributed by atoms with van der Waals surface area (Å²) in [5.74, 6) is 1.16. The molecular weight excluding hydrogens is 307 g/mol. The van der Waals surface area contributed by atoms with Gasteiger partial charge in [0.2, 0.25) is 12.0 Å². The number of phosphoric acid groups is 1. The Bertz CT molecular complexity index is 609. The molecule has 2 aliphatic heterocycles. The Morgan fingerprint density at radius 2 is 2.00 bits per heavy atom. The molecule has 2 atom stereocenters. The van der Waals surface area contributed by atoms with E-state index in [2.05, 4.69) is 6.92 Å². The monoisotopic (exact) mass is 326 g/mol. The molecule has 0 saturated carbocycles. The van der Waals surface area contributed by atoms with E-state index in [9.17, 15) is 4.57 Å². The Kier molecular flexibility index (Phi) is 4.32. The highest BCUT2D eigenvalue weighted by atomic mass is 31.2. The summed E-state index contributed by atoms with van der Waals surface area (Å²) >= 11 is 0. The van der Waals surface area contributed by atoms with Crippen LogP contribution in [0.4, 0.5) is 0 Å². The summed E-state index contributed by atoms with van der Waals surface area (Å²) in [5, 5.41) is 0. The highest BCUT2D eigenvalue weighted by Crippen LogP contribution is 2.63. The number of fused-ring (bicyclic) bond motifs is 2. The Morgan fingerprint density at radius 3 is 2.59 bits per heavy atom. The average Bonchev–Trinajstić information content (AvgIpc) is 3.02. The number of benzene rings is 1. The summed E-state index contributed by atoms with van der Waals surface area (Å²) < 4.78 is 38.4. The summed E-state index contributed by atoms with van der Waals surface area (Å²) in [5.41, 5.74) is 1.16. The molecule has 0 N–H and O–H groups in total. The molecule has 0 radical (unpaired) electrons. The summed E-state index contributed by atoms with van der Waals surface area (Å²) in [6, 6.07) is 7.71. The van der Waals surface area contributed by atoms with Gasteiger partial charge in [0.1, 0.15) is 12.4 Å². The molecule has 22 heavy (non-hydrogen) atoms. The van der Waals surface area contributed by atoms with Crippen LogP contribution in [0.1, 0.15) is 31.7 Å². The van der Waals surface area contributed by atoms with Crippen molar-refractivity contribution in [1.29, 1.82) is 0 Å². The van der Waals surface area contributed by atoms with Crippen LogP contribution in [0.15, 0.2) is 36.0 Å². The third-order valence-corrected chi connectivity index (χ3v) is 4.60. The van der Waals surface area contributed by atoms with Crippen molar-refractivity contribution in [2.45, 2.75) is 39.4 Å². The van der Waals surface area contributed by atoms with Crippen molar-refractivity contribution < 1.29 is 27.6 Å². The Hall–Kier alpha value is -1.65. The van der Waals surface area contributed by atoms with Gasteiger partial charge in [-0.3, -0.25) is 4.52 Å². The molecule has 2 heterocycles. The number of ether oxygens (including phenoxy) is 2. The van der Waals surface area contributed by atoms with Crippen LogP contribution in [0.2, 0.25) is 0 Å². The van der Waals surface area contributed by atoms with Gasteiger partial charge in [0, 0.05) is 6.42 Å². The number of phosphoric ester groups is 1. The molecule has 0 amide bonds. The molecule has 1 aromatic rings. The fourth-order valence-corrected chi connectivity index (χ4v) is 3.27. The van der Waals surface area contributed by atoms with Gasteiger partial charge in [0.25, 0.3) is 0 Å². The Morgan fingerprint density at radius 1 is 1.23 bits per heavy atom. The molecule has 0 aromatic heterocycles. The highest BCUT2D eigenvalue weighted by molar-refractivity contribution is 7.49. The van der Waals surface area contributed by atoms with Crippen LogP contribution in [-0.4, -0.2) is 12.9 Å². The van der Waals surface area contributed by atoms with Gasteiger partial charge in [-0.1, -0.05) is 31.0 Å². The van der Waals surface area contributed by atoms with Crippen molar-refractivity contribution in [1.82, 2.24) is 0 Å². The van der Waals surface area contributed by atoms with Gasteiger partial charge in [-0.05, 0) is 25.5 Å². The number of rotatable bonds is 7. The number of aryl methyl sites for hydroxylation is 1. The quantitative estimate of drug-likeness (QED) is 0.551. The summed E-state index contributed by atoms with van der Waals surface area (Å²) in [6.45, 7) is 4.21. The first kappa shape index (κ1) is 15.3. The topological polar surface area (TPSA) is 63.2 Å². The van der Waals surface area contributed by atoms with E-state index < -0.39 is 14.1 Å². The minimum Gasteiger partial charge on any atom is -0.455 e. The van der Waals surface area contributed by atoms with Gasteiger partial charge in [-0.15, -0.1) is 0 Å². The Balaban J connectivity index is 1.67. The van der Waals surface area contributed by atoms with Crippen molar-refractivity contribution in [2.75, 3.05) is 6.61 Å². The molecule has 0 spiro atoms. The van der Waals surface area contributed by atoms with Crippen LogP contribution in [0.25, 0.3) is 0 Å². The van der Waals surface area contributed by atoms with E-state index in [1.54, 1.807) is 0 Å². The van der Waals surface area contributed by atoms with Gasteiger partial charge in [0.15, 0.2) is 0 Å². The predicted molar refractivity (Wildman–Crippen MR) is 79.0 cm³/mol. The van der Waals surface area contributed by atoms with Gasteiger partial charge >= 0.3 is 13.8 Å². The zero-order valence-corrected chi connectivity index (χ0v) is 13.5. The fourth-order valence-electron chi connectivity index (χ4n) is 2.11. The van der Waals surface area contributed by atoms with E-state index in [-0.39, 0.29) is 12.6 Å². The zero-order chi connectivity index (χ0) is 15.6. The summed E-state index contributed by atoms with van der Waals surface area (Å²) in [7, 11) is -3.46. The molecule has 0 aliphatic carbocycles. The standard InChI is InChI=1S/C15H19O6P/c1-3-4-5-14(18-12-8-6-11(2)7-9-12)19-15-13-10-17-22(16,20-13)21-15/h6-9,14H,3-5,10H2,1-2H3. The second kappa shape index (κ2) is 6.23. The lowest BCUT2D eigenvalue weighted by atomic mass is 10.2. The molecule has 120 valence electrons. The first-order valence-corrected chi connectivity index (χ1v) is 8.81.